The number of aromatic nitrogens is 5. The Labute approximate surface area is 211 Å². The second kappa shape index (κ2) is 9.05. The SMILES string of the molecule is COc1cc2[nH]c(-c3ccc4c(c3)C(N(C)C(=O)Cn3nccn3)CC4)cc(=O)c2cc1-c1cnco1. The monoisotopic (exact) mass is 496 g/mol. The highest BCUT2D eigenvalue weighted by molar-refractivity contribution is 5.88. The van der Waals surface area contributed by atoms with E-state index in [4.69, 9.17) is 9.15 Å². The molecule has 1 N–H and O–H groups in total. The number of fused-ring (bicyclic) bond motifs is 2. The first-order chi connectivity index (χ1) is 18.0. The van der Waals surface area contributed by atoms with E-state index in [-0.39, 0.29) is 23.9 Å². The number of methoxy groups -OCH3 is 1. The van der Waals surface area contributed by atoms with Crippen molar-refractivity contribution in [3.05, 3.63) is 82.7 Å². The second-order valence-corrected chi connectivity index (χ2v) is 9.04. The Morgan fingerprint density at radius 1 is 1.22 bits per heavy atom. The molecule has 0 bridgehead atoms. The number of carbonyl (C=O) groups excluding carboxylic acids is 1. The highest BCUT2D eigenvalue weighted by Gasteiger charge is 2.29. The highest BCUT2D eigenvalue weighted by Crippen LogP contribution is 2.38. The fourth-order valence-electron chi connectivity index (χ4n) is 5.02. The minimum Gasteiger partial charge on any atom is -0.496 e. The lowest BCUT2D eigenvalue weighted by Gasteiger charge is -2.25. The van der Waals surface area contributed by atoms with Crippen LogP contribution >= 0.6 is 0 Å². The smallest absolute Gasteiger partial charge is 0.246 e. The highest BCUT2D eigenvalue weighted by atomic mass is 16.5. The first kappa shape index (κ1) is 22.7. The minimum atomic E-state index is -0.122. The molecule has 6 rings (SSSR count). The van der Waals surface area contributed by atoms with E-state index in [0.29, 0.717) is 33.7 Å². The predicted octanol–water partition coefficient (Wildman–Crippen LogP) is 3.60. The summed E-state index contributed by atoms with van der Waals surface area (Å²) in [6.45, 7) is 0.0882. The van der Waals surface area contributed by atoms with Crippen LogP contribution in [0.4, 0.5) is 0 Å². The Kier molecular flexibility index (Phi) is 5.56. The van der Waals surface area contributed by atoms with Gasteiger partial charge in [0.05, 0.1) is 42.8 Å². The summed E-state index contributed by atoms with van der Waals surface area (Å²) in [7, 11) is 3.39. The van der Waals surface area contributed by atoms with Gasteiger partial charge < -0.3 is 19.0 Å². The number of ether oxygens (including phenoxy) is 1. The molecule has 3 heterocycles. The molecule has 186 valence electrons. The molecule has 37 heavy (non-hydrogen) atoms. The van der Waals surface area contributed by atoms with Gasteiger partial charge in [-0.2, -0.15) is 15.0 Å². The van der Waals surface area contributed by atoms with Crippen LogP contribution in [0.1, 0.15) is 23.6 Å². The third-order valence-electron chi connectivity index (χ3n) is 6.95. The molecule has 1 aliphatic rings. The van der Waals surface area contributed by atoms with Crippen molar-refractivity contribution >= 4 is 16.8 Å². The molecule has 1 aliphatic carbocycles. The number of likely N-dealkylation sites (N-methyl/N-ethyl adjacent to an activating group) is 1. The zero-order chi connectivity index (χ0) is 25.5. The van der Waals surface area contributed by atoms with Crippen molar-refractivity contribution in [1.29, 1.82) is 0 Å². The van der Waals surface area contributed by atoms with E-state index in [1.165, 1.54) is 16.8 Å². The van der Waals surface area contributed by atoms with Gasteiger partial charge in [0.1, 0.15) is 12.3 Å². The molecule has 1 amide bonds. The molecule has 0 saturated heterocycles. The van der Waals surface area contributed by atoms with E-state index in [2.05, 4.69) is 32.3 Å². The van der Waals surface area contributed by atoms with E-state index in [1.807, 2.05) is 13.1 Å². The lowest BCUT2D eigenvalue weighted by Crippen LogP contribution is -2.33. The molecular formula is C27H24N6O4. The largest absolute Gasteiger partial charge is 0.496 e. The molecule has 1 atom stereocenters. The summed E-state index contributed by atoms with van der Waals surface area (Å²) in [4.78, 5) is 36.6. The van der Waals surface area contributed by atoms with Gasteiger partial charge in [0, 0.05) is 30.3 Å². The van der Waals surface area contributed by atoms with Crippen LogP contribution in [0.3, 0.4) is 0 Å². The lowest BCUT2D eigenvalue weighted by molar-refractivity contribution is -0.133. The number of benzene rings is 2. The fourth-order valence-corrected chi connectivity index (χ4v) is 5.02. The van der Waals surface area contributed by atoms with Crippen LogP contribution in [-0.2, 0) is 17.8 Å². The summed E-state index contributed by atoms with van der Waals surface area (Å²) in [6, 6.07) is 11.2. The van der Waals surface area contributed by atoms with Gasteiger partial charge in [-0.25, -0.2) is 4.98 Å². The van der Waals surface area contributed by atoms with E-state index in [1.54, 1.807) is 48.8 Å². The number of oxazole rings is 1. The molecule has 10 nitrogen and oxygen atoms in total. The number of amides is 1. The zero-order valence-corrected chi connectivity index (χ0v) is 20.3. The van der Waals surface area contributed by atoms with Crippen molar-refractivity contribution in [3.63, 3.8) is 0 Å². The van der Waals surface area contributed by atoms with Crippen LogP contribution in [0, 0.1) is 0 Å². The number of rotatable bonds is 6. The quantitative estimate of drug-likeness (QED) is 0.381. The van der Waals surface area contributed by atoms with Gasteiger partial charge in [-0.3, -0.25) is 9.59 Å². The fraction of sp³-hybridized carbons (Fsp3) is 0.222. The third-order valence-corrected chi connectivity index (χ3v) is 6.95. The number of nitrogens with zero attached hydrogens (tertiary/aromatic N) is 5. The maximum absolute atomic E-state index is 13.2. The second-order valence-electron chi connectivity index (χ2n) is 9.04. The predicted molar refractivity (Wildman–Crippen MR) is 136 cm³/mol. The van der Waals surface area contributed by atoms with Crippen molar-refractivity contribution in [2.75, 3.05) is 14.2 Å². The molecule has 0 saturated carbocycles. The number of pyridine rings is 1. The number of carbonyl (C=O) groups is 1. The van der Waals surface area contributed by atoms with Crippen LogP contribution < -0.4 is 10.2 Å². The van der Waals surface area contributed by atoms with Crippen molar-refractivity contribution in [3.8, 4) is 28.3 Å². The maximum atomic E-state index is 13.2. The number of aryl methyl sites for hydroxylation is 1. The summed E-state index contributed by atoms with van der Waals surface area (Å²) >= 11 is 0. The van der Waals surface area contributed by atoms with Gasteiger partial charge in [-0.05, 0) is 41.7 Å². The number of H-pyrrole nitrogens is 1. The molecule has 0 spiro atoms. The van der Waals surface area contributed by atoms with Gasteiger partial charge in [-0.1, -0.05) is 12.1 Å². The Morgan fingerprint density at radius 2 is 2.05 bits per heavy atom. The van der Waals surface area contributed by atoms with Gasteiger partial charge >= 0.3 is 0 Å². The number of hydrogen-bond acceptors (Lipinski definition) is 7. The molecule has 0 aliphatic heterocycles. The Morgan fingerprint density at radius 3 is 2.81 bits per heavy atom. The topological polar surface area (TPSA) is 119 Å². The van der Waals surface area contributed by atoms with Gasteiger partial charge in [0.25, 0.3) is 0 Å². The lowest BCUT2D eigenvalue weighted by atomic mass is 10.0. The maximum Gasteiger partial charge on any atom is 0.246 e. The molecule has 3 aromatic heterocycles. The molecule has 10 heteroatoms. The molecule has 2 aromatic carbocycles. The van der Waals surface area contributed by atoms with Crippen molar-refractivity contribution in [1.82, 2.24) is 29.9 Å². The summed E-state index contributed by atoms with van der Waals surface area (Å²) in [5, 5.41) is 8.59. The molecule has 0 radical (unpaired) electrons. The van der Waals surface area contributed by atoms with Crippen molar-refractivity contribution < 1.29 is 13.9 Å². The van der Waals surface area contributed by atoms with Crippen LogP contribution in [0.15, 0.2) is 70.6 Å². The van der Waals surface area contributed by atoms with Crippen molar-refractivity contribution in [2.45, 2.75) is 25.4 Å². The van der Waals surface area contributed by atoms with Gasteiger partial charge in [-0.15, -0.1) is 0 Å². The Hall–Kier alpha value is -4.73. The first-order valence-electron chi connectivity index (χ1n) is 11.9. The number of aromatic amines is 1. The standard InChI is InChI=1S/C27H24N6O4/c1-32(27(35)14-33-29-7-8-30-33)23-6-5-16-3-4-17(9-18(16)23)21-11-24(34)19-10-20(26-13-28-15-37-26)25(36-2)12-22(19)31-21/h3-4,7-13,15,23H,5-6,14H2,1-2H3,(H,31,34). The molecule has 5 aromatic rings. The molecular weight excluding hydrogens is 472 g/mol. The van der Waals surface area contributed by atoms with Crippen LogP contribution in [0.2, 0.25) is 0 Å². The van der Waals surface area contributed by atoms with Crippen LogP contribution in [0.5, 0.6) is 5.75 Å². The Bertz CT molecular complexity index is 1660. The van der Waals surface area contributed by atoms with Gasteiger partial charge in [0.15, 0.2) is 17.6 Å². The number of hydrogen-bond donors (Lipinski definition) is 1. The Balaban J connectivity index is 1.35. The van der Waals surface area contributed by atoms with Crippen LogP contribution in [0.25, 0.3) is 33.5 Å². The number of nitrogens with one attached hydrogen (secondary N) is 1. The first-order valence-corrected chi connectivity index (χ1v) is 11.9. The van der Waals surface area contributed by atoms with Gasteiger partial charge in [0.2, 0.25) is 5.91 Å². The summed E-state index contributed by atoms with van der Waals surface area (Å²) in [6.07, 6.45) is 7.75. The van der Waals surface area contributed by atoms with E-state index in [9.17, 15) is 9.59 Å². The molecule has 1 unspecified atom stereocenters. The third kappa shape index (κ3) is 4.06. The van der Waals surface area contributed by atoms with E-state index < -0.39 is 0 Å². The minimum absolute atomic E-state index is 0.0604. The van der Waals surface area contributed by atoms with E-state index >= 15 is 0 Å². The summed E-state index contributed by atoms with van der Waals surface area (Å²) in [5.41, 5.74) is 5.03. The van der Waals surface area contributed by atoms with E-state index in [0.717, 1.165) is 24.0 Å². The molecule has 0 fully saturated rings. The average molecular weight is 497 g/mol. The van der Waals surface area contributed by atoms with Crippen LogP contribution in [-0.4, -0.2) is 49.9 Å². The van der Waals surface area contributed by atoms with Crippen molar-refractivity contribution in [2.24, 2.45) is 0 Å². The zero-order valence-electron chi connectivity index (χ0n) is 20.3. The summed E-state index contributed by atoms with van der Waals surface area (Å²) < 4.78 is 11.0. The average Bonchev–Trinajstić information content (AvgIpc) is 3.69. The normalized spacial score (nSPS) is 14.6. The summed E-state index contributed by atoms with van der Waals surface area (Å²) in [5.74, 6) is 1.03.